The smallest absolute Gasteiger partial charge is 0.411 e. The van der Waals surface area contributed by atoms with Gasteiger partial charge in [0.15, 0.2) is 0 Å². The average Bonchev–Trinajstić information content (AvgIpc) is 2.62. The van der Waals surface area contributed by atoms with E-state index < -0.39 is 25.3 Å². The van der Waals surface area contributed by atoms with Crippen LogP contribution in [-0.2, 0) is 9.53 Å². The molecule has 5 nitrogen and oxygen atoms in total. The number of alkyl halides is 3. The molecule has 0 aromatic heterocycles. The van der Waals surface area contributed by atoms with Crippen LogP contribution in [0.25, 0.3) is 0 Å². The number of piperidine rings is 1. The molecule has 8 heteroatoms. The number of likely N-dealkylation sites (tertiary alicyclic amines) is 1. The molecule has 1 atom stereocenters. The van der Waals surface area contributed by atoms with E-state index in [2.05, 4.69) is 15.0 Å². The van der Waals surface area contributed by atoms with E-state index >= 15 is 0 Å². The zero-order valence-electron chi connectivity index (χ0n) is 14.8. The largest absolute Gasteiger partial charge is 0.497 e. The van der Waals surface area contributed by atoms with Crippen molar-refractivity contribution >= 4 is 5.91 Å². The lowest BCUT2D eigenvalue weighted by Gasteiger charge is -2.35. The second-order valence-electron chi connectivity index (χ2n) is 6.30. The van der Waals surface area contributed by atoms with E-state index in [4.69, 9.17) is 4.74 Å². The molecule has 1 heterocycles. The second kappa shape index (κ2) is 9.78. The van der Waals surface area contributed by atoms with Crippen LogP contribution in [0.15, 0.2) is 24.3 Å². The molecule has 26 heavy (non-hydrogen) atoms. The molecule has 146 valence electrons. The highest BCUT2D eigenvalue weighted by atomic mass is 19.4. The number of halogens is 3. The highest BCUT2D eigenvalue weighted by Gasteiger charge is 2.28. The third kappa shape index (κ3) is 6.84. The van der Waals surface area contributed by atoms with Crippen LogP contribution in [0.5, 0.6) is 5.75 Å². The van der Waals surface area contributed by atoms with E-state index in [0.29, 0.717) is 6.54 Å². The van der Waals surface area contributed by atoms with Crippen molar-refractivity contribution in [3.8, 4) is 5.75 Å². The number of hydrogen-bond acceptors (Lipinski definition) is 4. The fourth-order valence-electron chi connectivity index (χ4n) is 3.03. The van der Waals surface area contributed by atoms with Gasteiger partial charge in [-0.3, -0.25) is 9.69 Å². The average molecular weight is 374 g/mol. The lowest BCUT2D eigenvalue weighted by molar-refractivity contribution is -0.175. The van der Waals surface area contributed by atoms with Gasteiger partial charge in [0, 0.05) is 6.54 Å². The molecule has 0 aliphatic carbocycles. The Balaban J connectivity index is 1.94. The first kappa shape index (κ1) is 20.5. The quantitative estimate of drug-likeness (QED) is 0.760. The fraction of sp³-hybridized carbons (Fsp3) is 0.611. The maximum atomic E-state index is 12.1. The van der Waals surface area contributed by atoms with Crippen LogP contribution in [0.1, 0.15) is 30.9 Å². The van der Waals surface area contributed by atoms with Crippen LogP contribution < -0.4 is 10.1 Å². The number of benzene rings is 1. The van der Waals surface area contributed by atoms with Crippen molar-refractivity contribution in [1.82, 2.24) is 10.2 Å². The molecule has 1 saturated heterocycles. The summed E-state index contributed by atoms with van der Waals surface area (Å²) in [5.41, 5.74) is 1.03. The molecule has 0 spiro atoms. The summed E-state index contributed by atoms with van der Waals surface area (Å²) in [4.78, 5) is 14.1. The van der Waals surface area contributed by atoms with Gasteiger partial charge in [-0.1, -0.05) is 18.6 Å². The maximum Gasteiger partial charge on any atom is 0.411 e. The molecule has 1 unspecified atom stereocenters. The van der Waals surface area contributed by atoms with Gasteiger partial charge in [0.1, 0.15) is 19.0 Å². The summed E-state index contributed by atoms with van der Waals surface area (Å²) in [6.45, 7) is 0.151. The van der Waals surface area contributed by atoms with Gasteiger partial charge in [0.05, 0.1) is 13.2 Å². The van der Waals surface area contributed by atoms with Crippen molar-refractivity contribution in [2.75, 3.05) is 40.0 Å². The molecule has 0 bridgehead atoms. The molecular weight excluding hydrogens is 349 g/mol. The van der Waals surface area contributed by atoms with Gasteiger partial charge >= 0.3 is 6.18 Å². The fourth-order valence-corrected chi connectivity index (χ4v) is 3.03. The monoisotopic (exact) mass is 374 g/mol. The molecule has 1 aromatic carbocycles. The summed E-state index contributed by atoms with van der Waals surface area (Å²) >= 11 is 0. The molecule has 0 radical (unpaired) electrons. The molecule has 2 rings (SSSR count). The molecule has 1 aliphatic rings. The molecule has 1 amide bonds. The third-order valence-electron chi connectivity index (χ3n) is 4.32. The van der Waals surface area contributed by atoms with Crippen LogP contribution in [0, 0.1) is 0 Å². The van der Waals surface area contributed by atoms with Crippen LogP contribution in [0.2, 0.25) is 0 Å². The van der Waals surface area contributed by atoms with Gasteiger partial charge in [-0.2, -0.15) is 13.2 Å². The predicted octanol–water partition coefficient (Wildman–Crippen LogP) is 2.92. The van der Waals surface area contributed by atoms with Gasteiger partial charge in [-0.25, -0.2) is 0 Å². The molecule has 1 aromatic rings. The Hall–Kier alpha value is -1.80. The Labute approximate surface area is 151 Å². The number of amides is 1. The van der Waals surface area contributed by atoms with Crippen molar-refractivity contribution in [2.24, 2.45) is 0 Å². The Morgan fingerprint density at radius 1 is 1.19 bits per heavy atom. The highest BCUT2D eigenvalue weighted by Crippen LogP contribution is 2.25. The van der Waals surface area contributed by atoms with Gasteiger partial charge in [-0.05, 0) is 43.6 Å². The molecule has 1 aliphatic heterocycles. The van der Waals surface area contributed by atoms with E-state index in [-0.39, 0.29) is 6.04 Å². The summed E-state index contributed by atoms with van der Waals surface area (Å²) < 4.78 is 45.8. The van der Waals surface area contributed by atoms with Gasteiger partial charge < -0.3 is 14.8 Å². The number of rotatable bonds is 8. The van der Waals surface area contributed by atoms with Gasteiger partial charge in [0.25, 0.3) is 0 Å². The van der Waals surface area contributed by atoms with Crippen molar-refractivity contribution in [3.63, 3.8) is 0 Å². The predicted molar refractivity (Wildman–Crippen MR) is 91.0 cm³/mol. The minimum Gasteiger partial charge on any atom is -0.497 e. The van der Waals surface area contributed by atoms with Crippen molar-refractivity contribution < 1.29 is 27.4 Å². The number of carbonyl (C=O) groups is 1. The maximum absolute atomic E-state index is 12.1. The first-order chi connectivity index (χ1) is 12.4. The summed E-state index contributed by atoms with van der Waals surface area (Å²) in [6.07, 6.45) is -1.06. The van der Waals surface area contributed by atoms with Crippen LogP contribution in [0.3, 0.4) is 0 Å². The van der Waals surface area contributed by atoms with E-state index in [1.165, 1.54) is 6.42 Å². The lowest BCUT2D eigenvalue weighted by atomic mass is 10.0. The Bertz CT molecular complexity index is 558. The first-order valence-corrected chi connectivity index (χ1v) is 8.68. The summed E-state index contributed by atoms with van der Waals surface area (Å²) in [7, 11) is 1.60. The van der Waals surface area contributed by atoms with Crippen molar-refractivity contribution in [3.05, 3.63) is 29.8 Å². The van der Waals surface area contributed by atoms with Crippen LogP contribution in [-0.4, -0.2) is 56.9 Å². The lowest BCUT2D eigenvalue weighted by Crippen LogP contribution is -2.41. The van der Waals surface area contributed by atoms with Gasteiger partial charge in [-0.15, -0.1) is 0 Å². The zero-order chi connectivity index (χ0) is 19.0. The minimum atomic E-state index is -4.43. The molecule has 1 fully saturated rings. The summed E-state index contributed by atoms with van der Waals surface area (Å²) in [5.74, 6) is 0.195. The number of carbonyl (C=O) groups excluding carboxylic acids is 1. The molecular formula is C18H25F3N2O3. The number of nitrogens with zero attached hydrogens (tertiary/aromatic N) is 1. The topological polar surface area (TPSA) is 50.8 Å². The zero-order valence-corrected chi connectivity index (χ0v) is 14.8. The van der Waals surface area contributed by atoms with E-state index in [1.807, 2.05) is 24.3 Å². The summed E-state index contributed by atoms with van der Waals surface area (Å²) in [6, 6.07) is 7.59. The number of hydrogen-bond donors (Lipinski definition) is 1. The highest BCUT2D eigenvalue weighted by molar-refractivity contribution is 5.77. The minimum absolute atomic E-state index is 0.0345. The molecule has 1 N–H and O–H groups in total. The van der Waals surface area contributed by atoms with E-state index in [1.54, 1.807) is 7.11 Å². The Morgan fingerprint density at radius 3 is 2.42 bits per heavy atom. The van der Waals surface area contributed by atoms with Gasteiger partial charge in [0.2, 0.25) is 5.91 Å². The Kier molecular flexibility index (Phi) is 7.71. The van der Waals surface area contributed by atoms with Crippen LogP contribution >= 0.6 is 0 Å². The van der Waals surface area contributed by atoms with E-state index in [9.17, 15) is 18.0 Å². The number of methoxy groups -OCH3 is 1. The first-order valence-electron chi connectivity index (χ1n) is 8.68. The summed E-state index contributed by atoms with van der Waals surface area (Å²) in [5, 5.41) is 2.69. The number of nitrogens with one attached hydrogen (secondary N) is 1. The molecule has 0 saturated carbocycles. The standard InChI is InChI=1S/C18H25F3N2O3/c1-25-15-7-5-14(6-8-15)16(23-9-3-2-4-10-23)11-22-17(24)12-26-13-18(19,20)21/h5-8,16H,2-4,9-13H2,1H3,(H,22,24). The second-order valence-corrected chi connectivity index (χ2v) is 6.30. The third-order valence-corrected chi connectivity index (χ3v) is 4.32. The van der Waals surface area contributed by atoms with Crippen molar-refractivity contribution in [1.29, 1.82) is 0 Å². The van der Waals surface area contributed by atoms with Crippen LogP contribution in [0.4, 0.5) is 13.2 Å². The SMILES string of the molecule is COc1ccc(C(CNC(=O)COCC(F)(F)F)N2CCCCC2)cc1. The Morgan fingerprint density at radius 2 is 1.85 bits per heavy atom. The number of ether oxygens (including phenoxy) is 2. The van der Waals surface area contributed by atoms with Crippen molar-refractivity contribution in [2.45, 2.75) is 31.5 Å². The normalized spacial score (nSPS) is 16.9. The van der Waals surface area contributed by atoms with E-state index in [0.717, 1.165) is 37.2 Å².